The molecule has 5 rings (SSSR count). The third-order valence-corrected chi connectivity index (χ3v) is 8.72. The summed E-state index contributed by atoms with van der Waals surface area (Å²) in [6, 6.07) is 11.0. The molecule has 2 N–H and O–H groups in total. The van der Waals surface area contributed by atoms with E-state index in [1.807, 2.05) is 18.2 Å². The minimum Gasteiger partial charge on any atom is -0.481 e. The van der Waals surface area contributed by atoms with Crippen LogP contribution in [0, 0.1) is 18.8 Å². The molecule has 1 fully saturated rings. The van der Waals surface area contributed by atoms with Crippen molar-refractivity contribution in [3.05, 3.63) is 68.2 Å². The predicted octanol–water partition coefficient (Wildman–Crippen LogP) is 6.74. The maximum atomic E-state index is 12.5. The first kappa shape index (κ1) is 23.4. The molecule has 1 aliphatic rings. The number of amides is 1. The van der Waals surface area contributed by atoms with Crippen LogP contribution in [0.4, 0.5) is 10.5 Å². The number of carboxylic acids is 1. The van der Waals surface area contributed by atoms with Gasteiger partial charge in [-0.15, -0.1) is 22.7 Å². The van der Waals surface area contributed by atoms with Crippen LogP contribution < -0.4 is 5.32 Å². The summed E-state index contributed by atoms with van der Waals surface area (Å²) in [4.78, 5) is 25.8. The summed E-state index contributed by atoms with van der Waals surface area (Å²) < 4.78 is 11.7. The number of carboxylic acid groups (broad SMARTS) is 1. The van der Waals surface area contributed by atoms with E-state index in [9.17, 15) is 14.7 Å². The van der Waals surface area contributed by atoms with Crippen molar-refractivity contribution in [2.24, 2.45) is 0 Å². The van der Waals surface area contributed by atoms with Gasteiger partial charge < -0.3 is 14.4 Å². The molecule has 0 radical (unpaired) electrons. The number of halogens is 1. The molecule has 35 heavy (non-hydrogen) atoms. The van der Waals surface area contributed by atoms with E-state index in [2.05, 4.69) is 22.3 Å². The fraction of sp³-hybridized carbons (Fsp3) is 0.240. The number of rotatable bonds is 5. The first-order valence-electron chi connectivity index (χ1n) is 10.7. The van der Waals surface area contributed by atoms with Gasteiger partial charge in [-0.05, 0) is 56.7 Å². The average Bonchev–Trinajstić information content (AvgIpc) is 3.25. The van der Waals surface area contributed by atoms with E-state index in [0.717, 1.165) is 19.2 Å². The van der Waals surface area contributed by atoms with Gasteiger partial charge in [0.1, 0.15) is 17.2 Å². The molecule has 0 aliphatic heterocycles. The van der Waals surface area contributed by atoms with Crippen LogP contribution in [0.2, 0.25) is 5.02 Å². The number of benzene rings is 1. The Morgan fingerprint density at radius 1 is 1.26 bits per heavy atom. The average molecular weight is 527 g/mol. The van der Waals surface area contributed by atoms with Crippen molar-refractivity contribution in [1.29, 1.82) is 0 Å². The van der Waals surface area contributed by atoms with Crippen molar-refractivity contribution in [1.82, 2.24) is 5.16 Å². The van der Waals surface area contributed by atoms with Crippen molar-refractivity contribution >= 4 is 61.4 Å². The highest BCUT2D eigenvalue weighted by atomic mass is 35.5. The van der Waals surface area contributed by atoms with Crippen molar-refractivity contribution in [2.75, 3.05) is 5.32 Å². The van der Waals surface area contributed by atoms with Gasteiger partial charge >= 0.3 is 12.1 Å². The molecule has 0 saturated heterocycles. The van der Waals surface area contributed by atoms with Crippen LogP contribution in [0.15, 0.2) is 40.9 Å². The Morgan fingerprint density at radius 2 is 2.03 bits per heavy atom. The van der Waals surface area contributed by atoms with Crippen molar-refractivity contribution in [3.63, 3.8) is 0 Å². The minimum atomic E-state index is -0.757. The van der Waals surface area contributed by atoms with E-state index in [0.29, 0.717) is 34.9 Å². The molecule has 0 bridgehead atoms. The normalized spacial score (nSPS) is 14.7. The Bertz CT molecular complexity index is 1490. The van der Waals surface area contributed by atoms with Gasteiger partial charge in [0, 0.05) is 20.8 Å². The van der Waals surface area contributed by atoms with E-state index in [4.69, 9.17) is 20.9 Å². The lowest BCUT2D eigenvalue weighted by Crippen LogP contribution is -2.17. The number of carbonyl (C=O) groups is 2. The van der Waals surface area contributed by atoms with Crippen molar-refractivity contribution in [2.45, 2.75) is 38.2 Å². The number of nitrogens with one attached hydrogen (secondary N) is 1. The predicted molar refractivity (Wildman–Crippen MR) is 135 cm³/mol. The molecular formula is C25H19ClN2O5S2. The molecule has 10 heteroatoms. The van der Waals surface area contributed by atoms with Gasteiger partial charge in [0.25, 0.3) is 0 Å². The smallest absolute Gasteiger partial charge is 0.412 e. The van der Waals surface area contributed by atoms with Gasteiger partial charge in [-0.2, -0.15) is 0 Å². The molecule has 3 aromatic heterocycles. The van der Waals surface area contributed by atoms with Gasteiger partial charge in [-0.3, -0.25) is 10.1 Å². The lowest BCUT2D eigenvalue weighted by atomic mass is 10.1. The first-order valence-corrected chi connectivity index (χ1v) is 12.8. The molecule has 1 aromatic carbocycles. The lowest BCUT2D eigenvalue weighted by Gasteiger charge is -2.15. The highest BCUT2D eigenvalue weighted by molar-refractivity contribution is 7.38. The summed E-state index contributed by atoms with van der Waals surface area (Å²) in [5.41, 5.74) is 0.617. The molecule has 1 atom stereocenters. The second-order valence-corrected chi connectivity index (χ2v) is 11.0. The summed E-state index contributed by atoms with van der Waals surface area (Å²) >= 11 is 9.19. The maximum Gasteiger partial charge on any atom is 0.412 e. The number of nitrogens with zero attached hydrogens (tertiary/aromatic N) is 1. The van der Waals surface area contributed by atoms with Crippen LogP contribution in [0.3, 0.4) is 0 Å². The van der Waals surface area contributed by atoms with E-state index in [-0.39, 0.29) is 5.69 Å². The summed E-state index contributed by atoms with van der Waals surface area (Å²) in [6.07, 6.45) is 0.134. The Balaban J connectivity index is 1.30. The van der Waals surface area contributed by atoms with Gasteiger partial charge in [0.05, 0.1) is 8.89 Å². The zero-order valence-corrected chi connectivity index (χ0v) is 21.1. The van der Waals surface area contributed by atoms with Gasteiger partial charge in [0.15, 0.2) is 11.5 Å². The number of carbonyl (C=O) groups excluding carboxylic acids is 1. The molecular weight excluding hydrogens is 508 g/mol. The molecule has 1 aliphatic carbocycles. The van der Waals surface area contributed by atoms with E-state index >= 15 is 0 Å². The van der Waals surface area contributed by atoms with Crippen LogP contribution in [-0.4, -0.2) is 22.3 Å². The van der Waals surface area contributed by atoms with E-state index in [1.54, 1.807) is 32.0 Å². The Labute approximate surface area is 213 Å². The number of hydrogen-bond donors (Lipinski definition) is 2. The second-order valence-electron chi connectivity index (χ2n) is 8.26. The highest BCUT2D eigenvalue weighted by Gasteiger charge is 2.53. The van der Waals surface area contributed by atoms with Crippen LogP contribution in [0.5, 0.6) is 0 Å². The van der Waals surface area contributed by atoms with Crippen molar-refractivity contribution in [3.8, 4) is 11.8 Å². The maximum absolute atomic E-state index is 12.5. The quantitative estimate of drug-likeness (QED) is 0.279. The third kappa shape index (κ3) is 4.52. The summed E-state index contributed by atoms with van der Waals surface area (Å²) in [5.74, 6) is 5.65. The van der Waals surface area contributed by atoms with Gasteiger partial charge in [-0.1, -0.05) is 35.0 Å². The molecule has 1 unspecified atom stereocenters. The largest absolute Gasteiger partial charge is 0.481 e. The zero-order valence-electron chi connectivity index (χ0n) is 18.7. The lowest BCUT2D eigenvalue weighted by molar-refractivity contribution is -0.139. The molecule has 3 heterocycles. The number of thiophene rings is 2. The Morgan fingerprint density at radius 3 is 2.71 bits per heavy atom. The Kier molecular flexibility index (Phi) is 6.05. The summed E-state index contributed by atoms with van der Waals surface area (Å²) in [7, 11) is 0. The highest BCUT2D eigenvalue weighted by Crippen LogP contribution is 2.52. The van der Waals surface area contributed by atoms with Gasteiger partial charge in [0.2, 0.25) is 0 Å². The third-order valence-electron chi connectivity index (χ3n) is 5.87. The second kappa shape index (κ2) is 9.04. The molecule has 0 spiro atoms. The van der Waals surface area contributed by atoms with E-state index < -0.39 is 23.6 Å². The molecule has 1 saturated carbocycles. The fourth-order valence-corrected chi connectivity index (χ4v) is 6.54. The monoisotopic (exact) mass is 526 g/mol. The number of fused-ring (bicyclic) bond motifs is 1. The standard InChI is InChI=1S/C25H19ClN2O5S2/c1-13(17-5-3-4-6-18(17)26)32-24(31)27-21-14(2)33-28-19(21)8-7-16-11-15-12-20(35-22(15)34-16)25(9-10-25)23(29)30/h3-6,11-13H,9-10H2,1-2H3,(H,27,31)(H,29,30). The van der Waals surface area contributed by atoms with Crippen LogP contribution in [0.1, 0.15) is 52.6 Å². The zero-order chi connectivity index (χ0) is 24.7. The summed E-state index contributed by atoms with van der Waals surface area (Å²) in [6.45, 7) is 3.40. The summed E-state index contributed by atoms with van der Waals surface area (Å²) in [5, 5.41) is 17.6. The molecule has 178 valence electrons. The Hall–Kier alpha value is -3.32. The van der Waals surface area contributed by atoms with Crippen LogP contribution >= 0.6 is 34.3 Å². The molecule has 4 aromatic rings. The van der Waals surface area contributed by atoms with Crippen molar-refractivity contribution < 1.29 is 24.0 Å². The number of aliphatic carboxylic acids is 1. The number of anilines is 1. The molecule has 7 nitrogen and oxygen atoms in total. The van der Waals surface area contributed by atoms with Gasteiger partial charge in [-0.25, -0.2) is 4.79 Å². The van der Waals surface area contributed by atoms with Crippen LogP contribution in [-0.2, 0) is 14.9 Å². The first-order chi connectivity index (χ1) is 16.8. The van der Waals surface area contributed by atoms with Crippen LogP contribution in [0.25, 0.3) is 9.40 Å². The number of aromatic nitrogens is 1. The minimum absolute atomic E-state index is 0.283. The number of hydrogen-bond acceptors (Lipinski definition) is 7. The molecule has 1 amide bonds. The number of aryl methyl sites for hydroxylation is 1. The number of ether oxygens (including phenoxy) is 1. The fourth-order valence-electron chi connectivity index (χ4n) is 3.71. The topological polar surface area (TPSA) is 102 Å². The van der Waals surface area contributed by atoms with E-state index in [1.165, 1.54) is 22.7 Å². The SMILES string of the molecule is Cc1onc(C#Cc2cc3cc(C4(C(=O)O)CC4)sc3s2)c1NC(=O)OC(C)c1ccccc1Cl.